The molecule has 1 atom stereocenters. The van der Waals surface area contributed by atoms with E-state index in [1.807, 2.05) is 24.7 Å². The molecule has 0 saturated carbocycles. The average Bonchev–Trinajstić information content (AvgIpc) is 2.28. The standard InChI is InChI=1S/C8H15N3/c1-4-7(9)8-5-6(2)10-11(8)3/h5,7H,4,9H2,1-3H3. The maximum absolute atomic E-state index is 5.85. The summed E-state index contributed by atoms with van der Waals surface area (Å²) in [7, 11) is 1.93. The highest BCUT2D eigenvalue weighted by molar-refractivity contribution is 5.12. The lowest BCUT2D eigenvalue weighted by atomic mass is 10.1. The zero-order chi connectivity index (χ0) is 8.43. The highest BCUT2D eigenvalue weighted by Crippen LogP contribution is 2.13. The molecule has 1 unspecified atom stereocenters. The third-order valence-electron chi connectivity index (χ3n) is 1.86. The Morgan fingerprint density at radius 1 is 1.73 bits per heavy atom. The summed E-state index contributed by atoms with van der Waals surface area (Å²) in [5.41, 5.74) is 8.00. The van der Waals surface area contributed by atoms with E-state index in [1.54, 1.807) is 0 Å². The van der Waals surface area contributed by atoms with Crippen LogP contribution in [0.4, 0.5) is 0 Å². The van der Waals surface area contributed by atoms with E-state index in [1.165, 1.54) is 0 Å². The molecule has 3 heteroatoms. The van der Waals surface area contributed by atoms with Crippen LogP contribution in [0.3, 0.4) is 0 Å². The van der Waals surface area contributed by atoms with Gasteiger partial charge in [0.05, 0.1) is 11.4 Å². The van der Waals surface area contributed by atoms with Crippen LogP contribution < -0.4 is 5.73 Å². The monoisotopic (exact) mass is 153 g/mol. The van der Waals surface area contributed by atoms with Crippen molar-refractivity contribution in [3.8, 4) is 0 Å². The molecule has 1 aromatic heterocycles. The minimum atomic E-state index is 0.126. The van der Waals surface area contributed by atoms with Gasteiger partial charge in [0.1, 0.15) is 0 Å². The van der Waals surface area contributed by atoms with Gasteiger partial charge in [-0.25, -0.2) is 0 Å². The van der Waals surface area contributed by atoms with E-state index in [0.717, 1.165) is 17.8 Å². The van der Waals surface area contributed by atoms with Crippen LogP contribution in [0.25, 0.3) is 0 Å². The number of rotatable bonds is 2. The van der Waals surface area contributed by atoms with Gasteiger partial charge < -0.3 is 5.73 Å². The Bertz CT molecular complexity index is 239. The van der Waals surface area contributed by atoms with Crippen LogP contribution in [0.2, 0.25) is 0 Å². The SMILES string of the molecule is CCC(N)c1cc(C)nn1C. The van der Waals surface area contributed by atoms with Gasteiger partial charge in [0, 0.05) is 13.1 Å². The summed E-state index contributed by atoms with van der Waals surface area (Å²) in [5.74, 6) is 0. The first-order valence-electron chi connectivity index (χ1n) is 3.91. The third kappa shape index (κ3) is 1.60. The van der Waals surface area contributed by atoms with Crippen LogP contribution >= 0.6 is 0 Å². The summed E-state index contributed by atoms with van der Waals surface area (Å²) < 4.78 is 1.85. The average molecular weight is 153 g/mol. The molecule has 62 valence electrons. The lowest BCUT2D eigenvalue weighted by molar-refractivity contribution is 0.604. The molecule has 1 aromatic rings. The lowest BCUT2D eigenvalue weighted by Crippen LogP contribution is -2.13. The molecule has 0 fully saturated rings. The van der Waals surface area contributed by atoms with Gasteiger partial charge in [-0.15, -0.1) is 0 Å². The number of nitrogens with zero attached hydrogens (tertiary/aromatic N) is 2. The molecule has 1 rings (SSSR count). The first kappa shape index (κ1) is 8.27. The van der Waals surface area contributed by atoms with Crippen molar-refractivity contribution in [3.05, 3.63) is 17.5 Å². The second kappa shape index (κ2) is 3.05. The van der Waals surface area contributed by atoms with E-state index in [9.17, 15) is 0 Å². The molecule has 11 heavy (non-hydrogen) atoms. The van der Waals surface area contributed by atoms with Crippen molar-refractivity contribution in [1.82, 2.24) is 9.78 Å². The summed E-state index contributed by atoms with van der Waals surface area (Å²) >= 11 is 0. The Morgan fingerprint density at radius 3 is 2.73 bits per heavy atom. The number of aromatic nitrogens is 2. The van der Waals surface area contributed by atoms with Crippen molar-refractivity contribution >= 4 is 0 Å². The fourth-order valence-electron chi connectivity index (χ4n) is 1.19. The molecule has 0 saturated heterocycles. The molecule has 0 aliphatic heterocycles. The Kier molecular flexibility index (Phi) is 2.29. The fraction of sp³-hybridized carbons (Fsp3) is 0.625. The zero-order valence-electron chi connectivity index (χ0n) is 7.33. The largest absolute Gasteiger partial charge is 0.323 e. The summed E-state index contributed by atoms with van der Waals surface area (Å²) in [5, 5.41) is 4.22. The summed E-state index contributed by atoms with van der Waals surface area (Å²) in [6.45, 7) is 4.05. The molecular weight excluding hydrogens is 138 g/mol. The number of nitrogens with two attached hydrogens (primary N) is 1. The van der Waals surface area contributed by atoms with Gasteiger partial charge in [-0.05, 0) is 19.4 Å². The second-order valence-electron chi connectivity index (χ2n) is 2.85. The Morgan fingerprint density at radius 2 is 2.36 bits per heavy atom. The van der Waals surface area contributed by atoms with Gasteiger partial charge in [0.2, 0.25) is 0 Å². The molecule has 2 N–H and O–H groups in total. The topological polar surface area (TPSA) is 43.8 Å². The van der Waals surface area contributed by atoms with Gasteiger partial charge in [0.15, 0.2) is 0 Å². The summed E-state index contributed by atoms with van der Waals surface area (Å²) in [6, 6.07) is 2.16. The van der Waals surface area contributed by atoms with Gasteiger partial charge in [0.25, 0.3) is 0 Å². The van der Waals surface area contributed by atoms with E-state index in [0.29, 0.717) is 0 Å². The van der Waals surface area contributed by atoms with Crippen LogP contribution in [-0.4, -0.2) is 9.78 Å². The first-order valence-corrected chi connectivity index (χ1v) is 3.91. The lowest BCUT2D eigenvalue weighted by Gasteiger charge is -2.07. The van der Waals surface area contributed by atoms with Crippen LogP contribution in [0.5, 0.6) is 0 Å². The van der Waals surface area contributed by atoms with E-state index < -0.39 is 0 Å². The summed E-state index contributed by atoms with van der Waals surface area (Å²) in [6.07, 6.45) is 0.957. The Labute approximate surface area is 67.2 Å². The number of aryl methyl sites for hydroxylation is 2. The quantitative estimate of drug-likeness (QED) is 0.692. The molecule has 0 spiro atoms. The molecule has 0 aromatic carbocycles. The van der Waals surface area contributed by atoms with Gasteiger partial charge in [-0.3, -0.25) is 4.68 Å². The van der Waals surface area contributed by atoms with E-state index in [4.69, 9.17) is 5.73 Å². The predicted molar refractivity (Wildman–Crippen MR) is 45.2 cm³/mol. The molecule has 0 aliphatic rings. The molecule has 0 radical (unpaired) electrons. The minimum Gasteiger partial charge on any atom is -0.323 e. The van der Waals surface area contributed by atoms with Crippen LogP contribution in [-0.2, 0) is 7.05 Å². The van der Waals surface area contributed by atoms with Crippen molar-refractivity contribution in [1.29, 1.82) is 0 Å². The van der Waals surface area contributed by atoms with Crippen molar-refractivity contribution in [3.63, 3.8) is 0 Å². The maximum Gasteiger partial charge on any atom is 0.0597 e. The predicted octanol–water partition coefficient (Wildman–Crippen LogP) is 1.14. The fourth-order valence-corrected chi connectivity index (χ4v) is 1.19. The first-order chi connectivity index (χ1) is 5.15. The van der Waals surface area contributed by atoms with E-state index >= 15 is 0 Å². The van der Waals surface area contributed by atoms with Crippen molar-refractivity contribution in [2.24, 2.45) is 12.8 Å². The van der Waals surface area contributed by atoms with Gasteiger partial charge in [-0.2, -0.15) is 5.10 Å². The maximum atomic E-state index is 5.85. The number of hydrogen-bond acceptors (Lipinski definition) is 2. The normalized spacial score (nSPS) is 13.5. The minimum absolute atomic E-state index is 0.126. The van der Waals surface area contributed by atoms with Crippen LogP contribution in [0.1, 0.15) is 30.8 Å². The smallest absolute Gasteiger partial charge is 0.0597 e. The van der Waals surface area contributed by atoms with Crippen molar-refractivity contribution < 1.29 is 0 Å². The Hall–Kier alpha value is -0.830. The summed E-state index contributed by atoms with van der Waals surface area (Å²) in [4.78, 5) is 0. The zero-order valence-corrected chi connectivity index (χ0v) is 7.33. The van der Waals surface area contributed by atoms with E-state index in [-0.39, 0.29) is 6.04 Å². The van der Waals surface area contributed by atoms with Crippen LogP contribution in [0, 0.1) is 6.92 Å². The second-order valence-corrected chi connectivity index (χ2v) is 2.85. The highest BCUT2D eigenvalue weighted by Gasteiger charge is 2.08. The van der Waals surface area contributed by atoms with Crippen LogP contribution in [0.15, 0.2) is 6.07 Å². The van der Waals surface area contributed by atoms with E-state index in [2.05, 4.69) is 12.0 Å². The molecule has 0 bridgehead atoms. The number of hydrogen-bond donors (Lipinski definition) is 1. The Balaban J connectivity index is 2.93. The molecule has 0 aliphatic carbocycles. The van der Waals surface area contributed by atoms with Crippen molar-refractivity contribution in [2.75, 3.05) is 0 Å². The molecule has 0 amide bonds. The van der Waals surface area contributed by atoms with Gasteiger partial charge >= 0.3 is 0 Å². The van der Waals surface area contributed by atoms with Gasteiger partial charge in [-0.1, -0.05) is 6.92 Å². The molecular formula is C8H15N3. The third-order valence-corrected chi connectivity index (χ3v) is 1.86. The van der Waals surface area contributed by atoms with Crippen molar-refractivity contribution in [2.45, 2.75) is 26.3 Å². The highest BCUT2D eigenvalue weighted by atomic mass is 15.3. The molecule has 3 nitrogen and oxygen atoms in total. The molecule has 1 heterocycles.